The smallest absolute Gasteiger partial charge is 0.242 e. The van der Waals surface area contributed by atoms with Gasteiger partial charge in [0.05, 0.1) is 16.5 Å². The van der Waals surface area contributed by atoms with Crippen LogP contribution in [0.15, 0.2) is 26.0 Å². The summed E-state index contributed by atoms with van der Waals surface area (Å²) in [6, 6.07) is 3.27. The summed E-state index contributed by atoms with van der Waals surface area (Å²) in [6.45, 7) is 6.68. The minimum absolute atomic E-state index is 0.138. The van der Waals surface area contributed by atoms with E-state index >= 15 is 0 Å². The van der Waals surface area contributed by atoms with Crippen molar-refractivity contribution in [2.75, 3.05) is 0 Å². The second-order valence-corrected chi connectivity index (χ2v) is 8.39. The molecule has 1 unspecified atom stereocenters. The average Bonchev–Trinajstić information content (AvgIpc) is 2.21. The molecular formula is C12H17Br2NO3S. The number of halogens is 2. The van der Waals surface area contributed by atoms with Crippen LogP contribution in [-0.2, 0) is 10.0 Å². The van der Waals surface area contributed by atoms with Crippen molar-refractivity contribution < 1.29 is 13.5 Å². The quantitative estimate of drug-likeness (QED) is 0.795. The lowest BCUT2D eigenvalue weighted by Crippen LogP contribution is -2.50. The Labute approximate surface area is 130 Å². The van der Waals surface area contributed by atoms with E-state index in [4.69, 9.17) is 0 Å². The van der Waals surface area contributed by atoms with Gasteiger partial charge in [-0.25, -0.2) is 13.1 Å². The van der Waals surface area contributed by atoms with E-state index in [1.165, 1.54) is 0 Å². The summed E-state index contributed by atoms with van der Waals surface area (Å²) >= 11 is 6.58. The minimum Gasteiger partial charge on any atom is -0.391 e. The number of aliphatic hydroxyl groups is 1. The van der Waals surface area contributed by atoms with Gasteiger partial charge in [0.2, 0.25) is 10.0 Å². The van der Waals surface area contributed by atoms with Gasteiger partial charge >= 0.3 is 0 Å². The Morgan fingerprint density at radius 3 is 2.26 bits per heavy atom. The van der Waals surface area contributed by atoms with Crippen molar-refractivity contribution >= 4 is 41.9 Å². The highest BCUT2D eigenvalue weighted by molar-refractivity contribution is 9.11. The van der Waals surface area contributed by atoms with E-state index in [1.54, 1.807) is 32.9 Å². The molecule has 0 spiro atoms. The van der Waals surface area contributed by atoms with Crippen molar-refractivity contribution in [1.29, 1.82) is 0 Å². The monoisotopic (exact) mass is 413 g/mol. The summed E-state index contributed by atoms with van der Waals surface area (Å²) < 4.78 is 28.4. The Morgan fingerprint density at radius 1 is 1.26 bits per heavy atom. The van der Waals surface area contributed by atoms with Crippen molar-refractivity contribution in [2.45, 2.75) is 44.2 Å². The molecule has 108 valence electrons. The van der Waals surface area contributed by atoms with Crippen molar-refractivity contribution in [2.24, 2.45) is 0 Å². The van der Waals surface area contributed by atoms with E-state index in [-0.39, 0.29) is 4.90 Å². The van der Waals surface area contributed by atoms with Crippen molar-refractivity contribution in [1.82, 2.24) is 4.72 Å². The van der Waals surface area contributed by atoms with Crippen LogP contribution in [0.3, 0.4) is 0 Å². The number of aliphatic hydroxyl groups excluding tert-OH is 1. The van der Waals surface area contributed by atoms with Crippen LogP contribution < -0.4 is 4.72 Å². The zero-order valence-corrected chi connectivity index (χ0v) is 15.1. The van der Waals surface area contributed by atoms with Crippen molar-refractivity contribution in [3.63, 3.8) is 0 Å². The number of aryl methyl sites for hydroxylation is 1. The molecule has 4 nitrogen and oxygen atoms in total. The molecule has 0 aromatic heterocycles. The van der Waals surface area contributed by atoms with E-state index in [0.717, 1.165) is 5.56 Å². The molecule has 2 N–H and O–H groups in total. The maximum absolute atomic E-state index is 12.4. The Hall–Kier alpha value is 0.0500. The Balaban J connectivity index is 3.26. The van der Waals surface area contributed by atoms with Crippen LogP contribution in [0, 0.1) is 6.92 Å². The lowest BCUT2D eigenvalue weighted by atomic mass is 10.0. The van der Waals surface area contributed by atoms with Crippen LogP contribution in [0.5, 0.6) is 0 Å². The molecule has 0 aliphatic rings. The molecule has 0 saturated heterocycles. The van der Waals surface area contributed by atoms with E-state index in [0.29, 0.717) is 8.95 Å². The van der Waals surface area contributed by atoms with Crippen LogP contribution >= 0.6 is 31.9 Å². The van der Waals surface area contributed by atoms with Gasteiger partial charge in [-0.3, -0.25) is 0 Å². The van der Waals surface area contributed by atoms with E-state index in [9.17, 15) is 13.5 Å². The molecule has 1 rings (SSSR count). The third-order valence-corrected chi connectivity index (χ3v) is 6.43. The standard InChI is InChI=1S/C12H17Br2NO3S/c1-7-5-10(14)11(6-9(7)13)19(17,18)15-12(3,4)8(2)16/h5-6,8,15-16H,1-4H3. The molecule has 7 heteroatoms. The SMILES string of the molecule is Cc1cc(Br)c(S(=O)(=O)NC(C)(C)C(C)O)cc1Br. The van der Waals surface area contributed by atoms with E-state index in [1.807, 2.05) is 6.92 Å². The van der Waals surface area contributed by atoms with Crippen LogP contribution in [-0.4, -0.2) is 25.2 Å². The summed E-state index contributed by atoms with van der Waals surface area (Å²) in [5.41, 5.74) is -0.0177. The summed E-state index contributed by atoms with van der Waals surface area (Å²) in [5.74, 6) is 0. The zero-order chi connectivity index (χ0) is 15.0. The van der Waals surface area contributed by atoms with Gasteiger partial charge in [0.15, 0.2) is 0 Å². The molecule has 1 aromatic carbocycles. The topological polar surface area (TPSA) is 66.4 Å². The molecule has 0 bridgehead atoms. The minimum atomic E-state index is -3.72. The second-order valence-electron chi connectivity index (χ2n) is 5.03. The third-order valence-electron chi connectivity index (χ3n) is 2.94. The first kappa shape index (κ1) is 17.1. The Morgan fingerprint density at radius 2 is 1.79 bits per heavy atom. The highest BCUT2D eigenvalue weighted by Gasteiger charge is 2.31. The normalized spacial score (nSPS) is 14.5. The molecule has 0 aliphatic carbocycles. The fourth-order valence-corrected chi connectivity index (χ4v) is 4.47. The van der Waals surface area contributed by atoms with E-state index in [2.05, 4.69) is 36.6 Å². The van der Waals surface area contributed by atoms with Gasteiger partial charge in [-0.05, 0) is 61.3 Å². The summed E-state index contributed by atoms with van der Waals surface area (Å²) in [7, 11) is -3.72. The fourth-order valence-electron chi connectivity index (χ4n) is 1.32. The fraction of sp³-hybridized carbons (Fsp3) is 0.500. The van der Waals surface area contributed by atoms with Gasteiger partial charge in [0.1, 0.15) is 0 Å². The molecule has 0 aliphatic heterocycles. The number of rotatable bonds is 4. The number of hydrogen-bond donors (Lipinski definition) is 2. The number of benzene rings is 1. The predicted octanol–water partition coefficient (Wildman–Crippen LogP) is 2.96. The largest absolute Gasteiger partial charge is 0.391 e. The average molecular weight is 415 g/mol. The third kappa shape index (κ3) is 4.01. The number of nitrogens with one attached hydrogen (secondary N) is 1. The predicted molar refractivity (Wildman–Crippen MR) is 82.7 cm³/mol. The summed E-state index contributed by atoms with van der Waals surface area (Å²) in [6.07, 6.45) is -0.810. The molecule has 0 heterocycles. The molecule has 19 heavy (non-hydrogen) atoms. The first-order chi connectivity index (χ1) is 8.47. The lowest BCUT2D eigenvalue weighted by molar-refractivity contribution is 0.111. The van der Waals surface area contributed by atoms with Crippen LogP contribution in [0.2, 0.25) is 0 Å². The zero-order valence-electron chi connectivity index (χ0n) is 11.2. The Bertz CT molecular complexity index is 583. The first-order valence-corrected chi connectivity index (χ1v) is 8.72. The summed E-state index contributed by atoms with van der Waals surface area (Å²) in [5, 5.41) is 9.61. The highest BCUT2D eigenvalue weighted by Crippen LogP contribution is 2.29. The number of hydrogen-bond acceptors (Lipinski definition) is 3. The van der Waals surface area contributed by atoms with Crippen molar-refractivity contribution in [3.05, 3.63) is 26.6 Å². The van der Waals surface area contributed by atoms with Gasteiger partial charge in [0, 0.05) is 8.95 Å². The van der Waals surface area contributed by atoms with Gasteiger partial charge in [-0.1, -0.05) is 15.9 Å². The van der Waals surface area contributed by atoms with Gasteiger partial charge in [0.25, 0.3) is 0 Å². The molecule has 1 aromatic rings. The van der Waals surface area contributed by atoms with E-state index < -0.39 is 21.7 Å². The van der Waals surface area contributed by atoms with Crippen LogP contribution in [0.4, 0.5) is 0 Å². The van der Waals surface area contributed by atoms with Gasteiger partial charge < -0.3 is 5.11 Å². The molecule has 0 radical (unpaired) electrons. The molecule has 1 atom stereocenters. The molecule has 0 fully saturated rings. The molecular weight excluding hydrogens is 398 g/mol. The molecule has 0 saturated carbocycles. The first-order valence-electron chi connectivity index (χ1n) is 5.65. The van der Waals surface area contributed by atoms with Gasteiger partial charge in [-0.15, -0.1) is 0 Å². The van der Waals surface area contributed by atoms with Crippen molar-refractivity contribution in [3.8, 4) is 0 Å². The van der Waals surface area contributed by atoms with Gasteiger partial charge in [-0.2, -0.15) is 0 Å². The maximum atomic E-state index is 12.4. The molecule has 0 amide bonds. The lowest BCUT2D eigenvalue weighted by Gasteiger charge is -2.29. The maximum Gasteiger partial charge on any atom is 0.242 e. The van der Waals surface area contributed by atoms with Crippen LogP contribution in [0.1, 0.15) is 26.3 Å². The Kier molecular flexibility index (Phi) is 5.23. The highest BCUT2D eigenvalue weighted by atomic mass is 79.9. The summed E-state index contributed by atoms with van der Waals surface area (Å²) in [4.78, 5) is 0.138. The second kappa shape index (κ2) is 5.81. The van der Waals surface area contributed by atoms with Crippen LogP contribution in [0.25, 0.3) is 0 Å². The number of sulfonamides is 1.